The second-order valence-electron chi connectivity index (χ2n) is 2.52. The average Bonchev–Trinajstić information content (AvgIpc) is 2.52. The topological polar surface area (TPSA) is 42.7 Å². The van der Waals surface area contributed by atoms with E-state index in [1.807, 2.05) is 11.6 Å². The molecule has 0 aliphatic rings. The number of nitrogens with zero attached hydrogens (tertiary/aromatic N) is 3. The molecular weight excluding hydrogens is 211 g/mol. The van der Waals surface area contributed by atoms with Crippen molar-refractivity contribution in [2.24, 2.45) is 7.05 Å². The number of halogens is 2. The lowest BCUT2D eigenvalue weighted by atomic mass is 10.5. The number of rotatable bonds is 4. The zero-order chi connectivity index (χ0) is 9.68. The Hall–Kier alpha value is -0.580. The maximum Gasteiger partial charge on any atom is 0.146 e. The monoisotopic (exact) mass is 220 g/mol. The Morgan fingerprint density at radius 2 is 2.54 bits per heavy atom. The van der Waals surface area contributed by atoms with E-state index in [1.54, 1.807) is 6.33 Å². The van der Waals surface area contributed by atoms with Gasteiger partial charge in [-0.1, -0.05) is 23.2 Å². The van der Waals surface area contributed by atoms with Gasteiger partial charge in [0.25, 0.3) is 0 Å². The molecule has 0 spiro atoms. The molecule has 0 saturated heterocycles. The van der Waals surface area contributed by atoms with E-state index in [0.717, 1.165) is 5.82 Å². The molecule has 0 aliphatic heterocycles. The average molecular weight is 221 g/mol. The SMILES string of the molecule is Cn1cnnc1CNCC(Cl)=CCl. The molecule has 0 radical (unpaired) electrons. The summed E-state index contributed by atoms with van der Waals surface area (Å²) in [6, 6.07) is 0. The summed E-state index contributed by atoms with van der Waals surface area (Å²) in [5.41, 5.74) is 1.34. The molecule has 0 bridgehead atoms. The molecule has 1 aromatic heterocycles. The number of hydrogen-bond acceptors (Lipinski definition) is 3. The summed E-state index contributed by atoms with van der Waals surface area (Å²) in [6.45, 7) is 1.16. The number of aryl methyl sites for hydroxylation is 1. The third-order valence-corrected chi connectivity index (χ3v) is 2.12. The van der Waals surface area contributed by atoms with Gasteiger partial charge in [-0.25, -0.2) is 0 Å². The van der Waals surface area contributed by atoms with E-state index in [1.165, 1.54) is 5.54 Å². The molecule has 13 heavy (non-hydrogen) atoms. The van der Waals surface area contributed by atoms with Crippen LogP contribution in [0.5, 0.6) is 0 Å². The smallest absolute Gasteiger partial charge is 0.146 e. The lowest BCUT2D eigenvalue weighted by Crippen LogP contribution is -2.17. The molecule has 4 nitrogen and oxygen atoms in total. The summed E-state index contributed by atoms with van der Waals surface area (Å²) >= 11 is 11.0. The van der Waals surface area contributed by atoms with Crippen LogP contribution in [0.25, 0.3) is 0 Å². The maximum atomic E-state index is 5.67. The Labute approximate surface area is 86.5 Å². The van der Waals surface area contributed by atoms with E-state index in [9.17, 15) is 0 Å². The van der Waals surface area contributed by atoms with Crippen LogP contribution in [0, 0.1) is 0 Å². The fourth-order valence-electron chi connectivity index (χ4n) is 0.799. The van der Waals surface area contributed by atoms with Gasteiger partial charge < -0.3 is 9.88 Å². The first-order valence-corrected chi connectivity index (χ1v) is 4.54. The van der Waals surface area contributed by atoms with Crippen LogP contribution in [0.2, 0.25) is 0 Å². The molecule has 1 aromatic rings. The van der Waals surface area contributed by atoms with Crippen LogP contribution in [-0.2, 0) is 13.6 Å². The summed E-state index contributed by atoms with van der Waals surface area (Å²) < 4.78 is 1.84. The Kier molecular flexibility index (Phi) is 4.21. The molecule has 0 aliphatic carbocycles. The second kappa shape index (κ2) is 5.21. The van der Waals surface area contributed by atoms with E-state index in [0.29, 0.717) is 18.1 Å². The minimum atomic E-state index is 0.540. The summed E-state index contributed by atoms with van der Waals surface area (Å²) in [6.07, 6.45) is 1.65. The lowest BCUT2D eigenvalue weighted by Gasteiger charge is -2.01. The van der Waals surface area contributed by atoms with Crippen molar-refractivity contribution in [1.29, 1.82) is 0 Å². The van der Waals surface area contributed by atoms with Crippen molar-refractivity contribution in [1.82, 2.24) is 20.1 Å². The van der Waals surface area contributed by atoms with Gasteiger partial charge in [-0.15, -0.1) is 10.2 Å². The van der Waals surface area contributed by atoms with Crippen molar-refractivity contribution < 1.29 is 0 Å². The van der Waals surface area contributed by atoms with Crippen LogP contribution < -0.4 is 5.32 Å². The normalized spacial score (nSPS) is 12.1. The van der Waals surface area contributed by atoms with Gasteiger partial charge in [0.1, 0.15) is 12.2 Å². The van der Waals surface area contributed by atoms with Gasteiger partial charge in [-0.2, -0.15) is 0 Å². The van der Waals surface area contributed by atoms with E-state index in [4.69, 9.17) is 23.2 Å². The molecule has 0 unspecified atom stereocenters. The Bertz CT molecular complexity index is 294. The Morgan fingerprint density at radius 3 is 3.08 bits per heavy atom. The zero-order valence-corrected chi connectivity index (χ0v) is 8.68. The highest BCUT2D eigenvalue weighted by Crippen LogP contribution is 2.00. The summed E-state index contributed by atoms with van der Waals surface area (Å²) in [4.78, 5) is 0. The summed E-state index contributed by atoms with van der Waals surface area (Å²) in [7, 11) is 1.88. The van der Waals surface area contributed by atoms with E-state index < -0.39 is 0 Å². The fraction of sp³-hybridized carbons (Fsp3) is 0.429. The van der Waals surface area contributed by atoms with Crippen LogP contribution >= 0.6 is 23.2 Å². The van der Waals surface area contributed by atoms with Gasteiger partial charge in [-0.3, -0.25) is 0 Å². The first kappa shape index (κ1) is 10.5. The Balaban J connectivity index is 2.32. The van der Waals surface area contributed by atoms with Crippen molar-refractivity contribution in [3.8, 4) is 0 Å². The third-order valence-electron chi connectivity index (χ3n) is 1.50. The fourth-order valence-corrected chi connectivity index (χ4v) is 0.971. The molecule has 72 valence electrons. The second-order valence-corrected chi connectivity index (χ2v) is 3.22. The van der Waals surface area contributed by atoms with Crippen LogP contribution in [0.1, 0.15) is 5.82 Å². The predicted molar refractivity (Wildman–Crippen MR) is 52.5 cm³/mol. The van der Waals surface area contributed by atoms with Crippen LogP contribution in [0.3, 0.4) is 0 Å². The quantitative estimate of drug-likeness (QED) is 0.831. The van der Waals surface area contributed by atoms with Crippen molar-refractivity contribution in [2.45, 2.75) is 6.54 Å². The maximum absolute atomic E-state index is 5.67. The highest BCUT2D eigenvalue weighted by Gasteiger charge is 1.99. The lowest BCUT2D eigenvalue weighted by molar-refractivity contribution is 0.675. The van der Waals surface area contributed by atoms with Crippen molar-refractivity contribution in [2.75, 3.05) is 6.54 Å². The van der Waals surface area contributed by atoms with Gasteiger partial charge in [0.15, 0.2) is 0 Å². The zero-order valence-electron chi connectivity index (χ0n) is 7.17. The highest BCUT2D eigenvalue weighted by atomic mass is 35.5. The number of aromatic nitrogens is 3. The van der Waals surface area contributed by atoms with Crippen LogP contribution in [0.15, 0.2) is 16.9 Å². The van der Waals surface area contributed by atoms with Crippen molar-refractivity contribution >= 4 is 23.2 Å². The minimum absolute atomic E-state index is 0.540. The molecule has 0 saturated carbocycles. The molecule has 1 N–H and O–H groups in total. The molecular formula is C7H10Cl2N4. The van der Waals surface area contributed by atoms with Gasteiger partial charge in [-0.05, 0) is 0 Å². The third kappa shape index (κ3) is 3.34. The van der Waals surface area contributed by atoms with Gasteiger partial charge in [0, 0.05) is 24.2 Å². The summed E-state index contributed by atoms with van der Waals surface area (Å²) in [5, 5.41) is 11.3. The molecule has 6 heteroatoms. The highest BCUT2D eigenvalue weighted by molar-refractivity contribution is 6.36. The van der Waals surface area contributed by atoms with Crippen LogP contribution in [-0.4, -0.2) is 21.3 Å². The largest absolute Gasteiger partial charge is 0.320 e. The molecule has 1 heterocycles. The molecule has 0 fully saturated rings. The van der Waals surface area contributed by atoms with E-state index >= 15 is 0 Å². The van der Waals surface area contributed by atoms with Crippen LogP contribution in [0.4, 0.5) is 0 Å². The molecule has 0 atom stereocenters. The summed E-state index contributed by atoms with van der Waals surface area (Å²) in [5.74, 6) is 0.860. The van der Waals surface area contributed by atoms with E-state index in [2.05, 4.69) is 15.5 Å². The molecule has 1 rings (SSSR count). The standard InChI is InChI=1S/C7H10Cl2N4/c1-13-5-11-12-7(13)4-10-3-6(9)2-8/h2,5,10H,3-4H2,1H3. The van der Waals surface area contributed by atoms with Gasteiger partial charge >= 0.3 is 0 Å². The van der Waals surface area contributed by atoms with Crippen molar-refractivity contribution in [3.05, 3.63) is 22.7 Å². The first-order valence-electron chi connectivity index (χ1n) is 3.72. The van der Waals surface area contributed by atoms with Gasteiger partial charge in [0.05, 0.1) is 6.54 Å². The molecule has 0 aromatic carbocycles. The van der Waals surface area contributed by atoms with E-state index in [-0.39, 0.29) is 0 Å². The Morgan fingerprint density at radius 1 is 1.77 bits per heavy atom. The molecule has 0 amide bonds. The number of nitrogens with one attached hydrogen (secondary N) is 1. The van der Waals surface area contributed by atoms with Crippen molar-refractivity contribution in [3.63, 3.8) is 0 Å². The number of hydrogen-bond donors (Lipinski definition) is 1. The first-order chi connectivity index (χ1) is 6.24. The minimum Gasteiger partial charge on any atom is -0.320 e. The predicted octanol–water partition coefficient (Wildman–Crippen LogP) is 1.22. The van der Waals surface area contributed by atoms with Gasteiger partial charge in [0.2, 0.25) is 0 Å².